The minimum atomic E-state index is -0.0908. The van der Waals surface area contributed by atoms with E-state index in [1.807, 2.05) is 0 Å². The Morgan fingerprint density at radius 3 is 2.56 bits per heavy atom. The van der Waals surface area contributed by atoms with Crippen LogP contribution in [0.15, 0.2) is 6.20 Å². The van der Waals surface area contributed by atoms with E-state index >= 15 is 0 Å². The van der Waals surface area contributed by atoms with Crippen LogP contribution >= 0.6 is 0 Å². The lowest BCUT2D eigenvalue weighted by atomic mass is 9.98. The Bertz CT molecular complexity index is 448. The zero-order valence-electron chi connectivity index (χ0n) is 10.7. The van der Waals surface area contributed by atoms with Crippen molar-refractivity contribution in [2.45, 2.75) is 25.7 Å². The maximum Gasteiger partial charge on any atom is 0.256 e. The van der Waals surface area contributed by atoms with Crippen LogP contribution in [0.2, 0.25) is 0 Å². The molecule has 1 aromatic heterocycles. The average Bonchev–Trinajstić information content (AvgIpc) is 3.23. The van der Waals surface area contributed by atoms with E-state index in [0.717, 1.165) is 18.4 Å². The molecule has 2 fully saturated rings. The summed E-state index contributed by atoms with van der Waals surface area (Å²) < 4.78 is 1.52. The van der Waals surface area contributed by atoms with Crippen molar-refractivity contribution in [3.63, 3.8) is 0 Å². The lowest BCUT2D eigenvalue weighted by Gasteiger charge is -2.15. The fourth-order valence-electron chi connectivity index (χ4n) is 2.69. The van der Waals surface area contributed by atoms with Gasteiger partial charge in [-0.25, -0.2) is 0 Å². The number of nitrogens with two attached hydrogens (primary N) is 1. The number of hydrogen-bond acceptors (Lipinski definition) is 3. The van der Waals surface area contributed by atoms with E-state index in [9.17, 15) is 4.79 Å². The molecule has 0 aromatic carbocycles. The molecule has 0 spiro atoms. The molecule has 98 valence electrons. The van der Waals surface area contributed by atoms with Crippen molar-refractivity contribution in [2.24, 2.45) is 24.8 Å². The van der Waals surface area contributed by atoms with Gasteiger partial charge in [-0.1, -0.05) is 0 Å². The number of amides is 1. The van der Waals surface area contributed by atoms with Crippen LogP contribution in [0.5, 0.6) is 0 Å². The highest BCUT2D eigenvalue weighted by Gasteiger charge is 2.41. The predicted molar refractivity (Wildman–Crippen MR) is 68.9 cm³/mol. The summed E-state index contributed by atoms with van der Waals surface area (Å²) in [5.74, 6) is 2.73. The molecule has 0 saturated heterocycles. The molecule has 3 N–H and O–H groups in total. The smallest absolute Gasteiger partial charge is 0.256 e. The van der Waals surface area contributed by atoms with Crippen molar-refractivity contribution in [2.75, 3.05) is 12.3 Å². The summed E-state index contributed by atoms with van der Waals surface area (Å²) in [5, 5.41) is 7.01. The van der Waals surface area contributed by atoms with Crippen molar-refractivity contribution in [1.29, 1.82) is 0 Å². The molecule has 2 aliphatic rings. The molecule has 5 nitrogen and oxygen atoms in total. The molecule has 0 unspecified atom stereocenters. The molecular weight excluding hydrogens is 228 g/mol. The Labute approximate surface area is 107 Å². The number of hydrogen-bond donors (Lipinski definition) is 2. The average molecular weight is 248 g/mol. The van der Waals surface area contributed by atoms with Gasteiger partial charge in [-0.3, -0.25) is 9.48 Å². The first kappa shape index (κ1) is 11.6. The van der Waals surface area contributed by atoms with Gasteiger partial charge in [0, 0.05) is 13.6 Å². The van der Waals surface area contributed by atoms with Gasteiger partial charge >= 0.3 is 0 Å². The van der Waals surface area contributed by atoms with Crippen LogP contribution in [-0.4, -0.2) is 22.2 Å². The number of nitrogen functional groups attached to an aromatic ring is 1. The van der Waals surface area contributed by atoms with Crippen molar-refractivity contribution < 1.29 is 4.79 Å². The second-order valence-corrected chi connectivity index (χ2v) is 5.62. The minimum absolute atomic E-state index is 0.0908. The maximum absolute atomic E-state index is 12.0. The number of aromatic nitrogens is 2. The first-order valence-corrected chi connectivity index (χ1v) is 6.72. The molecule has 0 bridgehead atoms. The van der Waals surface area contributed by atoms with Gasteiger partial charge in [-0.15, -0.1) is 0 Å². The number of carbonyl (C=O) groups is 1. The highest BCUT2D eigenvalue weighted by atomic mass is 16.1. The van der Waals surface area contributed by atoms with E-state index in [1.54, 1.807) is 7.05 Å². The summed E-state index contributed by atoms with van der Waals surface area (Å²) in [6, 6.07) is 0. The topological polar surface area (TPSA) is 72.9 Å². The van der Waals surface area contributed by atoms with Crippen molar-refractivity contribution in [1.82, 2.24) is 15.1 Å². The maximum atomic E-state index is 12.0. The molecule has 1 amide bonds. The van der Waals surface area contributed by atoms with Crippen molar-refractivity contribution in [3.05, 3.63) is 11.8 Å². The number of carbonyl (C=O) groups excluding carboxylic acids is 1. The monoisotopic (exact) mass is 248 g/mol. The van der Waals surface area contributed by atoms with Gasteiger partial charge < -0.3 is 11.1 Å². The Hall–Kier alpha value is -1.52. The van der Waals surface area contributed by atoms with Crippen LogP contribution in [0.25, 0.3) is 0 Å². The van der Waals surface area contributed by atoms with Gasteiger partial charge in [0.1, 0.15) is 11.4 Å². The first-order valence-electron chi connectivity index (χ1n) is 6.72. The lowest BCUT2D eigenvalue weighted by molar-refractivity contribution is 0.0944. The summed E-state index contributed by atoms with van der Waals surface area (Å²) in [6.07, 6.45) is 6.89. The van der Waals surface area contributed by atoms with E-state index in [0.29, 0.717) is 17.3 Å². The number of anilines is 1. The number of rotatable bonds is 5. The van der Waals surface area contributed by atoms with Crippen LogP contribution in [-0.2, 0) is 7.05 Å². The molecule has 2 saturated carbocycles. The summed E-state index contributed by atoms with van der Waals surface area (Å²) in [6.45, 7) is 0.794. The summed E-state index contributed by atoms with van der Waals surface area (Å²) >= 11 is 0. The molecule has 0 aliphatic heterocycles. The van der Waals surface area contributed by atoms with E-state index in [2.05, 4.69) is 10.4 Å². The van der Waals surface area contributed by atoms with Crippen LogP contribution in [0.4, 0.5) is 5.82 Å². The molecule has 3 rings (SSSR count). The molecule has 5 heteroatoms. The molecule has 2 aliphatic carbocycles. The minimum Gasteiger partial charge on any atom is -0.383 e. The molecule has 0 radical (unpaired) electrons. The normalized spacial score (nSPS) is 19.2. The zero-order valence-corrected chi connectivity index (χ0v) is 10.7. The predicted octanol–water partition coefficient (Wildman–Crippen LogP) is 1.17. The Kier molecular flexibility index (Phi) is 2.76. The Balaban J connectivity index is 1.59. The van der Waals surface area contributed by atoms with Gasteiger partial charge in [0.15, 0.2) is 0 Å². The van der Waals surface area contributed by atoms with Crippen LogP contribution < -0.4 is 11.1 Å². The standard InChI is InChI=1S/C13H20N4O/c1-17-12(14)11(7-16-17)13(18)15-6-10(8-2-3-8)9-4-5-9/h7-10H,2-6,14H2,1H3,(H,15,18). The molecule has 1 heterocycles. The number of nitrogens with zero attached hydrogens (tertiary/aromatic N) is 2. The van der Waals surface area contributed by atoms with Crippen LogP contribution in [0.1, 0.15) is 36.0 Å². The Morgan fingerprint density at radius 2 is 2.11 bits per heavy atom. The van der Waals surface area contributed by atoms with Crippen LogP contribution in [0, 0.1) is 17.8 Å². The largest absolute Gasteiger partial charge is 0.383 e. The fraction of sp³-hybridized carbons (Fsp3) is 0.692. The second-order valence-electron chi connectivity index (χ2n) is 5.62. The molecule has 0 atom stereocenters. The third kappa shape index (κ3) is 2.21. The summed E-state index contributed by atoms with van der Waals surface area (Å²) in [4.78, 5) is 12.0. The zero-order chi connectivity index (χ0) is 12.7. The molecule has 1 aromatic rings. The third-order valence-electron chi connectivity index (χ3n) is 4.18. The molecule has 18 heavy (non-hydrogen) atoms. The number of aryl methyl sites for hydroxylation is 1. The van der Waals surface area contributed by atoms with Crippen molar-refractivity contribution in [3.8, 4) is 0 Å². The summed E-state index contributed by atoms with van der Waals surface area (Å²) in [5.41, 5.74) is 6.28. The molecular formula is C13H20N4O. The van der Waals surface area contributed by atoms with Gasteiger partial charge in [-0.05, 0) is 43.4 Å². The van der Waals surface area contributed by atoms with E-state index < -0.39 is 0 Å². The van der Waals surface area contributed by atoms with Gasteiger partial charge in [0.05, 0.1) is 6.20 Å². The lowest BCUT2D eigenvalue weighted by Crippen LogP contribution is -2.31. The first-order chi connectivity index (χ1) is 8.66. The summed E-state index contributed by atoms with van der Waals surface area (Å²) in [7, 11) is 1.74. The van der Waals surface area contributed by atoms with E-state index in [1.165, 1.54) is 36.6 Å². The van der Waals surface area contributed by atoms with E-state index in [4.69, 9.17) is 5.73 Å². The van der Waals surface area contributed by atoms with Gasteiger partial charge in [0.2, 0.25) is 0 Å². The number of nitrogens with one attached hydrogen (secondary N) is 1. The van der Waals surface area contributed by atoms with Crippen LogP contribution in [0.3, 0.4) is 0 Å². The van der Waals surface area contributed by atoms with E-state index in [-0.39, 0.29) is 5.91 Å². The van der Waals surface area contributed by atoms with Gasteiger partial charge in [0.25, 0.3) is 5.91 Å². The van der Waals surface area contributed by atoms with Gasteiger partial charge in [-0.2, -0.15) is 5.10 Å². The van der Waals surface area contributed by atoms with Crippen molar-refractivity contribution >= 4 is 11.7 Å². The fourth-order valence-corrected chi connectivity index (χ4v) is 2.69. The third-order valence-corrected chi connectivity index (χ3v) is 4.18. The second kappa shape index (κ2) is 4.30. The highest BCUT2D eigenvalue weighted by molar-refractivity contribution is 5.98. The quantitative estimate of drug-likeness (QED) is 0.821. The Morgan fingerprint density at radius 1 is 1.50 bits per heavy atom. The SMILES string of the molecule is Cn1ncc(C(=O)NCC(C2CC2)C2CC2)c1N. The highest BCUT2D eigenvalue weighted by Crippen LogP contribution is 2.48.